The van der Waals surface area contributed by atoms with Gasteiger partial charge in [0.1, 0.15) is 5.54 Å². The molecule has 0 spiro atoms. The van der Waals surface area contributed by atoms with Crippen molar-refractivity contribution in [2.45, 2.75) is 31.9 Å². The Balaban J connectivity index is 1.81. The van der Waals surface area contributed by atoms with E-state index < -0.39 is 11.6 Å². The number of nitrogens with one attached hydrogen (secondary N) is 2. The third-order valence-corrected chi connectivity index (χ3v) is 4.06. The van der Waals surface area contributed by atoms with Gasteiger partial charge < -0.3 is 15.8 Å². The summed E-state index contributed by atoms with van der Waals surface area (Å²) in [5, 5.41) is 5.27. The van der Waals surface area contributed by atoms with Crippen LogP contribution in [-0.2, 0) is 19.9 Å². The van der Waals surface area contributed by atoms with Crippen molar-refractivity contribution in [3.8, 4) is 0 Å². The third-order valence-electron chi connectivity index (χ3n) is 4.06. The summed E-state index contributed by atoms with van der Waals surface area (Å²) >= 11 is 0. The first kappa shape index (κ1) is 16.0. The van der Waals surface area contributed by atoms with Gasteiger partial charge in [-0.15, -0.1) is 0 Å². The second-order valence-electron chi connectivity index (χ2n) is 6.16. The van der Waals surface area contributed by atoms with Crippen molar-refractivity contribution in [2.75, 3.05) is 5.32 Å². The third kappa shape index (κ3) is 3.08. The highest BCUT2D eigenvalue weighted by molar-refractivity contribution is 5.99. The van der Waals surface area contributed by atoms with Crippen LogP contribution in [0.4, 0.5) is 5.69 Å². The molecule has 2 amide bonds. The largest absolute Gasteiger partial charge is 0.488 e. The molecule has 24 heavy (non-hydrogen) atoms. The highest BCUT2D eigenvalue weighted by Crippen LogP contribution is 2.31. The van der Waals surface area contributed by atoms with Crippen LogP contribution in [0.3, 0.4) is 0 Å². The normalized spacial score (nSPS) is 28.8. The van der Waals surface area contributed by atoms with Crippen molar-refractivity contribution in [3.05, 3.63) is 36.4 Å². The van der Waals surface area contributed by atoms with Crippen molar-refractivity contribution in [1.29, 1.82) is 0 Å². The van der Waals surface area contributed by atoms with Crippen LogP contribution in [0, 0.1) is 5.92 Å². The topological polar surface area (TPSA) is 119 Å². The molecule has 126 valence electrons. The summed E-state index contributed by atoms with van der Waals surface area (Å²) in [6.45, 7) is 3.68. The van der Waals surface area contributed by atoms with E-state index in [1.807, 2.05) is 13.0 Å². The minimum atomic E-state index is -0.869. The van der Waals surface area contributed by atoms with Crippen LogP contribution in [0.25, 0.3) is 0 Å². The minimum Gasteiger partial charge on any atom is -0.488 e. The maximum Gasteiger partial charge on any atom is 0.266 e. The average Bonchev–Trinajstić information content (AvgIpc) is 2.92. The predicted octanol–water partition coefficient (Wildman–Crippen LogP) is 0.619. The van der Waals surface area contributed by atoms with Crippen LogP contribution in [0.1, 0.15) is 26.0 Å². The molecule has 8 heteroatoms. The van der Waals surface area contributed by atoms with Crippen LogP contribution >= 0.6 is 0 Å². The molecule has 2 aliphatic heterocycles. The SMILES string of the molecule is CC1C=COC1C(=O)Nc1ccnc(C2(C)CC(=O)NC(N)=N2)c1. The van der Waals surface area contributed by atoms with E-state index >= 15 is 0 Å². The number of carbonyl (C=O) groups excluding carboxylic acids is 2. The van der Waals surface area contributed by atoms with Gasteiger partial charge in [-0.05, 0) is 25.1 Å². The fraction of sp³-hybridized carbons (Fsp3) is 0.375. The van der Waals surface area contributed by atoms with Gasteiger partial charge in [0.05, 0.1) is 18.4 Å². The van der Waals surface area contributed by atoms with E-state index in [2.05, 4.69) is 20.6 Å². The standard InChI is InChI=1S/C16H19N5O3/c1-9-4-6-24-13(9)14(23)19-10-3-5-18-11(7-10)16(2)8-12(22)20-15(17)21-16/h3-7,9,13H,8H2,1-2H3,(H,18,19,23)(H3,17,20,21,22). The molecule has 2 aliphatic rings. The number of nitrogens with two attached hydrogens (primary N) is 1. The van der Waals surface area contributed by atoms with Crippen LogP contribution in [0.5, 0.6) is 0 Å². The molecule has 3 rings (SSSR count). The summed E-state index contributed by atoms with van der Waals surface area (Å²) in [5.41, 5.74) is 5.90. The van der Waals surface area contributed by atoms with E-state index in [1.54, 1.807) is 25.3 Å². The number of aliphatic imine (C=N–C) groups is 1. The monoisotopic (exact) mass is 329 g/mol. The number of nitrogens with zero attached hydrogens (tertiary/aromatic N) is 2. The van der Waals surface area contributed by atoms with Crippen molar-refractivity contribution in [3.63, 3.8) is 0 Å². The first-order chi connectivity index (χ1) is 11.4. The predicted molar refractivity (Wildman–Crippen MR) is 87.8 cm³/mol. The van der Waals surface area contributed by atoms with Gasteiger partial charge in [-0.2, -0.15) is 0 Å². The summed E-state index contributed by atoms with van der Waals surface area (Å²) in [7, 11) is 0. The second-order valence-corrected chi connectivity index (χ2v) is 6.16. The molecule has 0 radical (unpaired) electrons. The number of hydrogen-bond acceptors (Lipinski definition) is 6. The molecular formula is C16H19N5O3. The van der Waals surface area contributed by atoms with Crippen LogP contribution < -0.4 is 16.4 Å². The fourth-order valence-electron chi connectivity index (χ4n) is 2.78. The number of guanidine groups is 1. The van der Waals surface area contributed by atoms with E-state index in [-0.39, 0.29) is 30.1 Å². The lowest BCUT2D eigenvalue weighted by Crippen LogP contribution is -2.46. The van der Waals surface area contributed by atoms with Gasteiger partial charge >= 0.3 is 0 Å². The molecule has 1 aromatic rings. The van der Waals surface area contributed by atoms with Crippen LogP contribution in [0.2, 0.25) is 0 Å². The quantitative estimate of drug-likeness (QED) is 0.751. The van der Waals surface area contributed by atoms with E-state index in [0.29, 0.717) is 11.4 Å². The Morgan fingerprint density at radius 2 is 2.33 bits per heavy atom. The molecule has 3 atom stereocenters. The number of hydrogen-bond donors (Lipinski definition) is 3. The molecule has 1 aromatic heterocycles. The van der Waals surface area contributed by atoms with Crippen molar-refractivity contribution in [2.24, 2.45) is 16.6 Å². The number of carbonyl (C=O) groups is 2. The van der Waals surface area contributed by atoms with Gasteiger partial charge in [-0.25, -0.2) is 4.99 Å². The van der Waals surface area contributed by atoms with E-state index in [4.69, 9.17) is 10.5 Å². The number of ether oxygens (including phenoxy) is 1. The molecule has 0 fully saturated rings. The second kappa shape index (κ2) is 5.95. The summed E-state index contributed by atoms with van der Waals surface area (Å²) < 4.78 is 5.29. The van der Waals surface area contributed by atoms with Gasteiger partial charge in [0, 0.05) is 17.8 Å². The maximum absolute atomic E-state index is 12.3. The van der Waals surface area contributed by atoms with Gasteiger partial charge in [0.15, 0.2) is 12.1 Å². The van der Waals surface area contributed by atoms with Gasteiger partial charge in [-0.1, -0.05) is 6.92 Å². The summed E-state index contributed by atoms with van der Waals surface area (Å²) in [4.78, 5) is 32.6. The summed E-state index contributed by atoms with van der Waals surface area (Å²) in [6, 6.07) is 3.37. The molecule has 3 unspecified atom stereocenters. The molecule has 0 saturated heterocycles. The average molecular weight is 329 g/mol. The maximum atomic E-state index is 12.3. The van der Waals surface area contributed by atoms with E-state index in [0.717, 1.165) is 0 Å². The number of aromatic nitrogens is 1. The molecule has 0 saturated carbocycles. The van der Waals surface area contributed by atoms with Crippen LogP contribution in [-0.4, -0.2) is 28.9 Å². The Labute approximate surface area is 139 Å². The van der Waals surface area contributed by atoms with Gasteiger partial charge in [0.25, 0.3) is 5.91 Å². The van der Waals surface area contributed by atoms with Crippen molar-refractivity contribution >= 4 is 23.5 Å². The summed E-state index contributed by atoms with van der Waals surface area (Å²) in [5.74, 6) is -0.390. The Bertz CT molecular complexity index is 745. The lowest BCUT2D eigenvalue weighted by atomic mass is 9.92. The smallest absolute Gasteiger partial charge is 0.266 e. The molecule has 0 aromatic carbocycles. The fourth-order valence-corrected chi connectivity index (χ4v) is 2.78. The lowest BCUT2D eigenvalue weighted by molar-refractivity contribution is -0.125. The zero-order chi connectivity index (χ0) is 17.3. The number of anilines is 1. The van der Waals surface area contributed by atoms with Gasteiger partial charge in [0.2, 0.25) is 5.91 Å². The molecular weight excluding hydrogens is 310 g/mol. The Kier molecular flexibility index (Phi) is 3.96. The highest BCUT2D eigenvalue weighted by atomic mass is 16.5. The molecule has 0 aliphatic carbocycles. The van der Waals surface area contributed by atoms with Crippen molar-refractivity contribution < 1.29 is 14.3 Å². The Morgan fingerprint density at radius 3 is 3.00 bits per heavy atom. The number of amides is 2. The minimum absolute atomic E-state index is 0.00950. The molecule has 4 N–H and O–H groups in total. The van der Waals surface area contributed by atoms with Crippen LogP contribution in [0.15, 0.2) is 35.7 Å². The molecule has 3 heterocycles. The molecule has 8 nitrogen and oxygen atoms in total. The Morgan fingerprint density at radius 1 is 1.54 bits per heavy atom. The Hall–Kier alpha value is -2.90. The number of pyridine rings is 1. The molecule has 0 bridgehead atoms. The highest BCUT2D eigenvalue weighted by Gasteiger charge is 2.35. The van der Waals surface area contributed by atoms with Crippen molar-refractivity contribution in [1.82, 2.24) is 10.3 Å². The van der Waals surface area contributed by atoms with E-state index in [1.165, 1.54) is 6.26 Å². The number of rotatable bonds is 3. The van der Waals surface area contributed by atoms with Gasteiger partial charge in [-0.3, -0.25) is 19.9 Å². The lowest BCUT2D eigenvalue weighted by Gasteiger charge is -2.28. The first-order valence-corrected chi connectivity index (χ1v) is 7.62. The first-order valence-electron chi connectivity index (χ1n) is 7.62. The zero-order valence-electron chi connectivity index (χ0n) is 13.4. The van der Waals surface area contributed by atoms with E-state index in [9.17, 15) is 9.59 Å². The summed E-state index contributed by atoms with van der Waals surface area (Å²) in [6.07, 6.45) is 4.51. The zero-order valence-corrected chi connectivity index (χ0v) is 13.4.